The molecule has 2 aliphatic heterocycles. The van der Waals surface area contributed by atoms with Crippen LogP contribution in [0.15, 0.2) is 60.7 Å². The first kappa shape index (κ1) is 35.4. The lowest BCUT2D eigenvalue weighted by Crippen LogP contribution is -2.61. The van der Waals surface area contributed by atoms with Crippen LogP contribution in [0.5, 0.6) is 0 Å². The van der Waals surface area contributed by atoms with Crippen molar-refractivity contribution in [3.63, 3.8) is 0 Å². The molecule has 2 fully saturated rings. The fourth-order valence-corrected chi connectivity index (χ4v) is 5.32. The molecule has 2 heterocycles. The quantitative estimate of drug-likeness (QED) is 0.236. The molecule has 0 amide bonds. The van der Waals surface area contributed by atoms with Crippen LogP contribution in [0.2, 0.25) is 0 Å². The fraction of sp³-hybridized carbons (Fsp3) is 0.545. The van der Waals surface area contributed by atoms with Gasteiger partial charge >= 0.3 is 17.9 Å². The first-order valence-electron chi connectivity index (χ1n) is 15.1. The molecule has 1 N–H and O–H groups in total. The molecule has 2 aromatic rings. The predicted octanol–water partition coefficient (Wildman–Crippen LogP) is 2.45. The number of carbonyl (C=O) groups excluding carboxylic acids is 3. The third-order valence-corrected chi connectivity index (χ3v) is 7.42. The summed E-state index contributed by atoms with van der Waals surface area (Å²) in [5.41, 5.74) is 1.82. The van der Waals surface area contributed by atoms with E-state index in [0.29, 0.717) is 0 Å². The van der Waals surface area contributed by atoms with Gasteiger partial charge in [0, 0.05) is 34.3 Å². The van der Waals surface area contributed by atoms with Crippen LogP contribution in [-0.4, -0.2) is 98.6 Å². The highest BCUT2D eigenvalue weighted by Gasteiger charge is 2.49. The number of methoxy groups -OCH3 is 1. The molecule has 252 valence electrons. The Morgan fingerprint density at radius 2 is 1.30 bits per heavy atom. The number of hydrogen-bond donors (Lipinski definition) is 1. The second-order valence-corrected chi connectivity index (χ2v) is 11.0. The third-order valence-electron chi connectivity index (χ3n) is 7.42. The van der Waals surface area contributed by atoms with E-state index in [0.717, 1.165) is 11.1 Å². The Labute approximate surface area is 267 Å². The molecule has 2 aliphatic rings. The van der Waals surface area contributed by atoms with Crippen molar-refractivity contribution >= 4 is 17.9 Å². The van der Waals surface area contributed by atoms with Crippen molar-refractivity contribution in [1.82, 2.24) is 0 Å². The van der Waals surface area contributed by atoms with Crippen LogP contribution in [0.4, 0.5) is 0 Å². The van der Waals surface area contributed by atoms with Gasteiger partial charge in [0.1, 0.15) is 43.2 Å². The number of aliphatic hydroxyl groups excluding tert-OH is 1. The molecule has 2 saturated heterocycles. The van der Waals surface area contributed by atoms with E-state index >= 15 is 0 Å². The second-order valence-electron chi connectivity index (χ2n) is 11.0. The Hall–Kier alpha value is -3.43. The van der Waals surface area contributed by atoms with Gasteiger partial charge in [0.15, 0.2) is 18.7 Å². The van der Waals surface area contributed by atoms with E-state index in [1.54, 1.807) is 0 Å². The summed E-state index contributed by atoms with van der Waals surface area (Å²) in [6.07, 6.45) is -8.78. The number of rotatable bonds is 14. The maximum Gasteiger partial charge on any atom is 0.303 e. The van der Waals surface area contributed by atoms with E-state index in [1.807, 2.05) is 60.7 Å². The maximum absolute atomic E-state index is 11.9. The van der Waals surface area contributed by atoms with Crippen LogP contribution in [0, 0.1) is 0 Å². The number of esters is 3. The van der Waals surface area contributed by atoms with Crippen LogP contribution in [-0.2, 0) is 70.2 Å². The van der Waals surface area contributed by atoms with E-state index in [1.165, 1.54) is 27.9 Å². The molecule has 0 radical (unpaired) electrons. The Kier molecular flexibility index (Phi) is 13.5. The molecule has 0 aliphatic carbocycles. The standard InChI is InChI=1S/C33H42O13/c1-20(34)39-19-27-30(44-22(3)36)25(43-21(2)35)15-28(45-27)40-18-26-29(37)31(41-16-23-11-7-5-8-12-23)32(33(38-4)46-26)42-17-24-13-9-6-10-14-24/h5-14,25-33,37H,15-19H2,1-4H3/t25-,26-,27-,28-,29-,30-,31+,32-,33+/m1/s1. The van der Waals surface area contributed by atoms with Gasteiger partial charge in [-0.2, -0.15) is 0 Å². The van der Waals surface area contributed by atoms with Crippen molar-refractivity contribution in [1.29, 1.82) is 0 Å². The van der Waals surface area contributed by atoms with Crippen LogP contribution >= 0.6 is 0 Å². The van der Waals surface area contributed by atoms with Crippen LogP contribution in [0.1, 0.15) is 38.3 Å². The van der Waals surface area contributed by atoms with Gasteiger partial charge in [0.05, 0.1) is 19.8 Å². The highest BCUT2D eigenvalue weighted by atomic mass is 16.7. The molecule has 0 unspecified atom stereocenters. The Morgan fingerprint density at radius 1 is 0.717 bits per heavy atom. The van der Waals surface area contributed by atoms with E-state index in [2.05, 4.69) is 0 Å². The van der Waals surface area contributed by atoms with E-state index in [4.69, 9.17) is 42.6 Å². The largest absolute Gasteiger partial charge is 0.463 e. The number of carbonyl (C=O) groups is 3. The molecule has 9 atom stereocenters. The number of ether oxygens (including phenoxy) is 9. The SMILES string of the molecule is CO[C@H]1O[C@H](CO[C@H]2C[C@@H](OC(C)=O)[C@@H](OC(C)=O)[C@@H](COC(C)=O)O2)[C@@H](O)[C@H](OCc2ccccc2)[C@H]1OCc1ccccc1. The molecule has 46 heavy (non-hydrogen) atoms. The van der Waals surface area contributed by atoms with Gasteiger partial charge in [-0.1, -0.05) is 60.7 Å². The van der Waals surface area contributed by atoms with Crippen LogP contribution in [0.25, 0.3) is 0 Å². The monoisotopic (exact) mass is 646 g/mol. The molecule has 0 aromatic heterocycles. The zero-order valence-electron chi connectivity index (χ0n) is 26.4. The molecule has 13 nitrogen and oxygen atoms in total. The molecular formula is C33H42O13. The lowest BCUT2D eigenvalue weighted by molar-refractivity contribution is -0.326. The van der Waals surface area contributed by atoms with Gasteiger partial charge in [-0.25, -0.2) is 0 Å². The molecule has 0 bridgehead atoms. The number of hydrogen-bond acceptors (Lipinski definition) is 13. The van der Waals surface area contributed by atoms with Gasteiger partial charge in [0.2, 0.25) is 0 Å². The number of aliphatic hydroxyl groups is 1. The minimum Gasteiger partial charge on any atom is -0.463 e. The van der Waals surface area contributed by atoms with Crippen molar-refractivity contribution in [2.45, 2.75) is 95.7 Å². The number of benzene rings is 2. The molecule has 13 heteroatoms. The first-order valence-corrected chi connectivity index (χ1v) is 15.1. The Morgan fingerprint density at radius 3 is 1.85 bits per heavy atom. The lowest BCUT2D eigenvalue weighted by Gasteiger charge is -2.44. The van der Waals surface area contributed by atoms with Crippen molar-refractivity contribution in [2.24, 2.45) is 0 Å². The summed E-state index contributed by atoms with van der Waals surface area (Å²) >= 11 is 0. The van der Waals surface area contributed by atoms with Crippen molar-refractivity contribution in [3.8, 4) is 0 Å². The molecule has 0 spiro atoms. The van der Waals surface area contributed by atoms with Gasteiger partial charge in [-0.15, -0.1) is 0 Å². The first-order chi connectivity index (χ1) is 22.1. The summed E-state index contributed by atoms with van der Waals surface area (Å²) in [6.45, 7) is 3.61. The van der Waals surface area contributed by atoms with Crippen molar-refractivity contribution < 1.29 is 62.1 Å². The maximum atomic E-state index is 11.9. The fourth-order valence-electron chi connectivity index (χ4n) is 5.32. The highest BCUT2D eigenvalue weighted by Crippen LogP contribution is 2.31. The van der Waals surface area contributed by atoms with Gasteiger partial charge < -0.3 is 47.7 Å². The minimum absolute atomic E-state index is 0.0125. The normalized spacial score (nSPS) is 29.5. The summed E-state index contributed by atoms with van der Waals surface area (Å²) in [6, 6.07) is 19.1. The van der Waals surface area contributed by atoms with Gasteiger partial charge in [-0.05, 0) is 11.1 Å². The summed E-state index contributed by atoms with van der Waals surface area (Å²) in [5, 5.41) is 11.5. The molecule has 2 aromatic carbocycles. The van der Waals surface area contributed by atoms with Crippen molar-refractivity contribution in [3.05, 3.63) is 71.8 Å². The van der Waals surface area contributed by atoms with E-state index in [9.17, 15) is 19.5 Å². The van der Waals surface area contributed by atoms with Crippen molar-refractivity contribution in [2.75, 3.05) is 20.3 Å². The summed E-state index contributed by atoms with van der Waals surface area (Å²) in [7, 11) is 1.47. The topological polar surface area (TPSA) is 155 Å². The molecule has 4 rings (SSSR count). The van der Waals surface area contributed by atoms with Gasteiger partial charge in [0.25, 0.3) is 0 Å². The molecular weight excluding hydrogens is 604 g/mol. The summed E-state index contributed by atoms with van der Waals surface area (Å²) < 4.78 is 52.2. The van der Waals surface area contributed by atoms with Crippen LogP contribution < -0.4 is 0 Å². The zero-order valence-corrected chi connectivity index (χ0v) is 26.4. The zero-order chi connectivity index (χ0) is 33.1. The average Bonchev–Trinajstić information content (AvgIpc) is 3.03. The third kappa shape index (κ3) is 10.3. The molecule has 0 saturated carbocycles. The minimum atomic E-state index is -1.21. The van der Waals surface area contributed by atoms with Gasteiger partial charge in [-0.3, -0.25) is 14.4 Å². The summed E-state index contributed by atoms with van der Waals surface area (Å²) in [4.78, 5) is 35.3. The average molecular weight is 647 g/mol. The second kappa shape index (κ2) is 17.5. The van der Waals surface area contributed by atoms with E-state index in [-0.39, 0.29) is 32.8 Å². The Balaban J connectivity index is 1.48. The highest BCUT2D eigenvalue weighted by molar-refractivity contribution is 5.67. The van der Waals surface area contributed by atoms with Crippen LogP contribution in [0.3, 0.4) is 0 Å². The summed E-state index contributed by atoms with van der Waals surface area (Å²) in [5.74, 6) is -1.82. The lowest BCUT2D eigenvalue weighted by atomic mass is 9.98. The smallest absolute Gasteiger partial charge is 0.303 e. The predicted molar refractivity (Wildman–Crippen MR) is 159 cm³/mol. The van der Waals surface area contributed by atoms with E-state index < -0.39 is 73.2 Å². The Bertz CT molecular complexity index is 1240.